The Morgan fingerprint density at radius 1 is 1.10 bits per heavy atom. The van der Waals surface area contributed by atoms with Gasteiger partial charge in [0.2, 0.25) is 0 Å². The fourth-order valence-electron chi connectivity index (χ4n) is 2.38. The lowest BCUT2D eigenvalue weighted by molar-refractivity contribution is 0.610. The van der Waals surface area contributed by atoms with Crippen molar-refractivity contribution >= 4 is 15.9 Å². The van der Waals surface area contributed by atoms with Gasteiger partial charge in [-0.3, -0.25) is 0 Å². The Kier molecular flexibility index (Phi) is 5.32. The van der Waals surface area contributed by atoms with Crippen LogP contribution in [0.25, 0.3) is 0 Å². The highest BCUT2D eigenvalue weighted by molar-refractivity contribution is 9.10. The van der Waals surface area contributed by atoms with E-state index in [2.05, 4.69) is 52.4 Å². The van der Waals surface area contributed by atoms with Crippen LogP contribution in [0.3, 0.4) is 0 Å². The summed E-state index contributed by atoms with van der Waals surface area (Å²) >= 11 is 3.19. The average Bonchev–Trinajstić information content (AvgIpc) is 2.46. The van der Waals surface area contributed by atoms with Gasteiger partial charge in [0.15, 0.2) is 0 Å². The molecule has 0 radical (unpaired) electrons. The molecule has 2 aromatic carbocycles. The summed E-state index contributed by atoms with van der Waals surface area (Å²) in [6.45, 7) is 2.18. The summed E-state index contributed by atoms with van der Waals surface area (Å²) in [5, 5.41) is 3.25. The average molecular weight is 336 g/mol. The van der Waals surface area contributed by atoms with Crippen LogP contribution >= 0.6 is 15.9 Å². The highest BCUT2D eigenvalue weighted by Gasteiger charge is 2.13. The van der Waals surface area contributed by atoms with Gasteiger partial charge in [-0.2, -0.15) is 0 Å². The number of rotatable bonds is 5. The molecule has 1 N–H and O–H groups in total. The van der Waals surface area contributed by atoms with Crippen LogP contribution in [0.4, 0.5) is 4.39 Å². The lowest BCUT2D eigenvalue weighted by Gasteiger charge is -2.18. The van der Waals surface area contributed by atoms with Crippen molar-refractivity contribution in [2.45, 2.75) is 25.8 Å². The Hall–Kier alpha value is -1.19. The second-order valence-corrected chi connectivity index (χ2v) is 5.74. The van der Waals surface area contributed by atoms with E-state index in [0.29, 0.717) is 4.47 Å². The van der Waals surface area contributed by atoms with E-state index in [4.69, 9.17) is 0 Å². The summed E-state index contributed by atoms with van der Waals surface area (Å²) in [4.78, 5) is 0. The number of halogens is 2. The number of hydrogen-bond donors (Lipinski definition) is 1. The SMILES string of the molecule is CCCc1ccc(C(NC)c2ccc(Br)c(F)c2)cc1. The molecule has 0 saturated carbocycles. The molecule has 2 rings (SSSR count). The number of hydrogen-bond acceptors (Lipinski definition) is 1. The molecule has 0 bridgehead atoms. The van der Waals surface area contributed by atoms with Crippen LogP contribution in [-0.2, 0) is 6.42 Å². The van der Waals surface area contributed by atoms with E-state index >= 15 is 0 Å². The molecule has 20 heavy (non-hydrogen) atoms. The zero-order valence-corrected chi connectivity index (χ0v) is 13.4. The summed E-state index contributed by atoms with van der Waals surface area (Å²) in [6, 6.07) is 13.8. The molecule has 3 heteroatoms. The zero-order chi connectivity index (χ0) is 14.5. The Morgan fingerprint density at radius 2 is 1.75 bits per heavy atom. The fourth-order valence-corrected chi connectivity index (χ4v) is 2.63. The van der Waals surface area contributed by atoms with E-state index in [1.807, 2.05) is 13.1 Å². The topological polar surface area (TPSA) is 12.0 Å². The van der Waals surface area contributed by atoms with E-state index in [1.54, 1.807) is 12.1 Å². The number of nitrogens with one attached hydrogen (secondary N) is 1. The quantitative estimate of drug-likeness (QED) is 0.823. The van der Waals surface area contributed by atoms with Crippen molar-refractivity contribution in [2.24, 2.45) is 0 Å². The van der Waals surface area contributed by atoms with Crippen molar-refractivity contribution < 1.29 is 4.39 Å². The van der Waals surface area contributed by atoms with Crippen LogP contribution < -0.4 is 5.32 Å². The maximum atomic E-state index is 13.7. The van der Waals surface area contributed by atoms with Crippen molar-refractivity contribution in [3.63, 3.8) is 0 Å². The van der Waals surface area contributed by atoms with Crippen molar-refractivity contribution in [3.05, 3.63) is 69.4 Å². The van der Waals surface area contributed by atoms with Crippen molar-refractivity contribution in [1.82, 2.24) is 5.32 Å². The molecule has 0 fully saturated rings. The Morgan fingerprint density at radius 3 is 2.30 bits per heavy atom. The van der Waals surface area contributed by atoms with Crippen molar-refractivity contribution in [1.29, 1.82) is 0 Å². The molecule has 0 aliphatic carbocycles. The molecular formula is C17H19BrFN. The molecule has 1 nitrogen and oxygen atoms in total. The Labute approximate surface area is 128 Å². The standard InChI is InChI=1S/C17H19BrFN/c1-3-4-12-5-7-13(8-6-12)17(20-2)14-9-10-15(18)16(19)11-14/h5-11,17,20H,3-4H2,1-2H3. The molecule has 1 unspecified atom stereocenters. The van der Waals surface area contributed by atoms with Crippen LogP contribution in [0.1, 0.15) is 36.1 Å². The molecule has 106 valence electrons. The van der Waals surface area contributed by atoms with Crippen molar-refractivity contribution in [2.75, 3.05) is 7.05 Å². The first kappa shape index (κ1) is 15.2. The third-order valence-electron chi connectivity index (χ3n) is 3.42. The van der Waals surface area contributed by atoms with Gasteiger partial charge < -0.3 is 5.32 Å². The smallest absolute Gasteiger partial charge is 0.137 e. The van der Waals surface area contributed by atoms with Gasteiger partial charge in [-0.1, -0.05) is 43.7 Å². The fraction of sp³-hybridized carbons (Fsp3) is 0.294. The monoisotopic (exact) mass is 335 g/mol. The summed E-state index contributed by atoms with van der Waals surface area (Å²) in [7, 11) is 1.89. The minimum absolute atomic E-state index is 0.00766. The Balaban J connectivity index is 2.29. The molecule has 0 spiro atoms. The first-order valence-electron chi connectivity index (χ1n) is 6.86. The maximum Gasteiger partial charge on any atom is 0.137 e. The van der Waals surface area contributed by atoms with Crippen molar-refractivity contribution in [3.8, 4) is 0 Å². The summed E-state index contributed by atoms with van der Waals surface area (Å²) in [5.41, 5.74) is 3.42. The zero-order valence-electron chi connectivity index (χ0n) is 11.8. The van der Waals surface area contributed by atoms with Crippen LogP contribution in [0, 0.1) is 5.82 Å². The highest BCUT2D eigenvalue weighted by atomic mass is 79.9. The van der Waals surface area contributed by atoms with Gasteiger partial charge in [0.05, 0.1) is 10.5 Å². The van der Waals surface area contributed by atoms with Crippen LogP contribution in [0.5, 0.6) is 0 Å². The number of benzene rings is 2. The normalized spacial score (nSPS) is 12.4. The first-order chi connectivity index (χ1) is 9.65. The lowest BCUT2D eigenvalue weighted by Crippen LogP contribution is -2.17. The maximum absolute atomic E-state index is 13.7. The second-order valence-electron chi connectivity index (χ2n) is 4.89. The minimum atomic E-state index is -0.231. The predicted molar refractivity (Wildman–Crippen MR) is 85.4 cm³/mol. The third kappa shape index (κ3) is 3.47. The molecule has 0 saturated heterocycles. The molecular weight excluding hydrogens is 317 g/mol. The molecule has 0 amide bonds. The van der Waals surface area contributed by atoms with Crippen LogP contribution in [0.2, 0.25) is 0 Å². The van der Waals surface area contributed by atoms with Gasteiger partial charge in [-0.05, 0) is 58.2 Å². The predicted octanol–water partition coefficient (Wildman–Crippen LogP) is 4.85. The molecule has 0 aromatic heterocycles. The van der Waals surface area contributed by atoms with E-state index in [9.17, 15) is 4.39 Å². The Bertz CT molecular complexity index is 566. The van der Waals surface area contributed by atoms with Crippen LogP contribution in [-0.4, -0.2) is 7.05 Å². The minimum Gasteiger partial charge on any atom is -0.309 e. The van der Waals surface area contributed by atoms with Gasteiger partial charge >= 0.3 is 0 Å². The van der Waals surface area contributed by atoms with E-state index in [1.165, 1.54) is 5.56 Å². The molecule has 0 heterocycles. The molecule has 1 atom stereocenters. The molecule has 0 aliphatic rings. The summed E-state index contributed by atoms with van der Waals surface area (Å²) < 4.78 is 14.2. The van der Waals surface area contributed by atoms with Crippen LogP contribution in [0.15, 0.2) is 46.9 Å². The van der Waals surface area contributed by atoms with E-state index in [0.717, 1.165) is 24.0 Å². The first-order valence-corrected chi connectivity index (χ1v) is 7.66. The third-order valence-corrected chi connectivity index (χ3v) is 4.06. The number of aryl methyl sites for hydroxylation is 1. The molecule has 2 aromatic rings. The lowest BCUT2D eigenvalue weighted by atomic mass is 9.97. The van der Waals surface area contributed by atoms with Gasteiger partial charge in [-0.15, -0.1) is 0 Å². The van der Waals surface area contributed by atoms with Gasteiger partial charge in [0.25, 0.3) is 0 Å². The highest BCUT2D eigenvalue weighted by Crippen LogP contribution is 2.25. The van der Waals surface area contributed by atoms with Gasteiger partial charge in [0, 0.05) is 0 Å². The van der Waals surface area contributed by atoms with Gasteiger partial charge in [0.1, 0.15) is 5.82 Å². The summed E-state index contributed by atoms with van der Waals surface area (Å²) in [5.74, 6) is -0.231. The van der Waals surface area contributed by atoms with E-state index < -0.39 is 0 Å². The molecule has 0 aliphatic heterocycles. The largest absolute Gasteiger partial charge is 0.309 e. The summed E-state index contributed by atoms with van der Waals surface area (Å²) in [6.07, 6.45) is 2.24. The van der Waals surface area contributed by atoms with Gasteiger partial charge in [-0.25, -0.2) is 4.39 Å². The second kappa shape index (κ2) is 7.00. The van der Waals surface area contributed by atoms with E-state index in [-0.39, 0.29) is 11.9 Å².